The molecule has 1 aliphatic carbocycles. The quantitative estimate of drug-likeness (QED) is 0.0419. The summed E-state index contributed by atoms with van der Waals surface area (Å²) in [5.74, 6) is -11.6. The van der Waals surface area contributed by atoms with E-state index in [9.17, 15) is 78.6 Å². The molecular weight excluding hydrogens is 919 g/mol. The van der Waals surface area contributed by atoms with Crippen LogP contribution in [0.4, 0.5) is 0 Å². The molecule has 5 atom stereocenters. The van der Waals surface area contributed by atoms with E-state index < -0.39 is 121 Å². The molecule has 0 radical (unpaired) electrons. The number of carboxylic acids is 4. The number of hydrogen-bond donors (Lipinski definition) is 11. The summed E-state index contributed by atoms with van der Waals surface area (Å²) in [7, 11) is 0. The van der Waals surface area contributed by atoms with Gasteiger partial charge >= 0.3 is 23.9 Å². The topological polar surface area (TPSA) is 365 Å². The highest BCUT2D eigenvalue weighted by Crippen LogP contribution is 2.42. The van der Waals surface area contributed by atoms with Crippen molar-refractivity contribution in [3.8, 4) is 33.9 Å². The minimum Gasteiger partial charge on any atom is -0.508 e. The van der Waals surface area contributed by atoms with Crippen molar-refractivity contribution in [2.45, 2.75) is 76.5 Å². The summed E-state index contributed by atoms with van der Waals surface area (Å²) in [4.78, 5) is 128. The van der Waals surface area contributed by atoms with Gasteiger partial charge in [0.1, 0.15) is 47.0 Å². The largest absolute Gasteiger partial charge is 0.508 e. The zero-order chi connectivity index (χ0) is 51.4. The second-order valence-electron chi connectivity index (χ2n) is 16.3. The van der Waals surface area contributed by atoms with Crippen molar-refractivity contribution in [1.29, 1.82) is 0 Å². The fraction of sp³-hybridized carbons (Fsp3) is 0.292. The fourth-order valence-electron chi connectivity index (χ4n) is 7.37. The number of aromatic carboxylic acids is 1. The Labute approximate surface area is 397 Å². The summed E-state index contributed by atoms with van der Waals surface area (Å²) in [5.41, 5.74) is 0.314. The number of amides is 5. The second kappa shape index (κ2) is 23.3. The van der Waals surface area contributed by atoms with Gasteiger partial charge in [-0.05, 0) is 78.4 Å². The number of carbonyl (C=O) groups excluding carboxylic acids is 5. The first-order chi connectivity index (χ1) is 33.1. The normalized spacial score (nSPS) is 13.2. The molecule has 0 fully saturated rings. The summed E-state index contributed by atoms with van der Waals surface area (Å²) in [6.07, 6.45) is -2.44. The van der Waals surface area contributed by atoms with Crippen LogP contribution >= 0.6 is 0 Å². The molecule has 0 saturated heterocycles. The van der Waals surface area contributed by atoms with Crippen LogP contribution in [0.1, 0.15) is 72.2 Å². The minimum atomic E-state index is -1.73. The van der Waals surface area contributed by atoms with Gasteiger partial charge in [0, 0.05) is 53.5 Å². The number of aromatic hydroxyl groups is 2. The third kappa shape index (κ3) is 13.6. The van der Waals surface area contributed by atoms with E-state index in [1.54, 1.807) is 13.8 Å². The second-order valence-corrected chi connectivity index (χ2v) is 16.3. The van der Waals surface area contributed by atoms with E-state index >= 15 is 0 Å². The van der Waals surface area contributed by atoms with Gasteiger partial charge in [-0.1, -0.05) is 38.5 Å². The molecule has 0 spiro atoms. The van der Waals surface area contributed by atoms with Crippen LogP contribution in [-0.4, -0.2) is 115 Å². The predicted molar refractivity (Wildman–Crippen MR) is 246 cm³/mol. The van der Waals surface area contributed by atoms with Crippen molar-refractivity contribution >= 4 is 64.4 Å². The lowest BCUT2D eigenvalue weighted by Gasteiger charge is -2.27. The summed E-state index contributed by atoms with van der Waals surface area (Å²) >= 11 is 0. The molecular formula is C48H49N5O17. The average Bonchev–Trinajstić information content (AvgIpc) is 3.31. The Morgan fingerprint density at radius 1 is 0.643 bits per heavy atom. The first kappa shape index (κ1) is 52.2. The Morgan fingerprint density at radius 2 is 1.23 bits per heavy atom. The van der Waals surface area contributed by atoms with Crippen molar-refractivity contribution in [1.82, 2.24) is 26.6 Å². The van der Waals surface area contributed by atoms with Gasteiger partial charge in [0.05, 0.1) is 12.1 Å². The SMILES string of the molecule is CC[C@H](C)[C@H](NC(=O)[C@H](CCC(=O)O)NC(=O)[C@H](CCC(=O)O)NC(=O)[C@H](Cc1ccc(O)cc1)NC(=O)CNC(=O)c1ccc(-c2c3ccc(=O)cc-3oc3cc(O)ccc23)c(C(=O)O)c1)C(=O)O. The van der Waals surface area contributed by atoms with E-state index in [1.165, 1.54) is 72.8 Å². The van der Waals surface area contributed by atoms with Crippen molar-refractivity contribution in [3.63, 3.8) is 0 Å². The van der Waals surface area contributed by atoms with Gasteiger partial charge in [-0.15, -0.1) is 0 Å². The summed E-state index contributed by atoms with van der Waals surface area (Å²) < 4.78 is 5.85. The van der Waals surface area contributed by atoms with Crippen molar-refractivity contribution in [2.24, 2.45) is 5.92 Å². The minimum absolute atomic E-state index is 0.0944. The number of fused-ring (bicyclic) bond motifs is 2. The van der Waals surface area contributed by atoms with Crippen LogP contribution in [0, 0.1) is 5.92 Å². The van der Waals surface area contributed by atoms with E-state index in [2.05, 4.69) is 26.6 Å². The molecule has 22 nitrogen and oxygen atoms in total. The number of benzene rings is 4. The molecule has 3 aromatic rings. The van der Waals surface area contributed by atoms with Crippen LogP contribution in [0.3, 0.4) is 0 Å². The molecule has 1 heterocycles. The number of hydrogen-bond acceptors (Lipinski definition) is 13. The summed E-state index contributed by atoms with van der Waals surface area (Å²) in [6.45, 7) is 2.43. The molecule has 0 bridgehead atoms. The van der Waals surface area contributed by atoms with Crippen LogP contribution in [0.25, 0.3) is 33.4 Å². The molecule has 70 heavy (non-hydrogen) atoms. The molecule has 1 aliphatic heterocycles. The first-order valence-corrected chi connectivity index (χ1v) is 21.7. The smallest absolute Gasteiger partial charge is 0.336 e. The van der Waals surface area contributed by atoms with Crippen molar-refractivity contribution < 1.29 is 78.2 Å². The van der Waals surface area contributed by atoms with E-state index in [0.29, 0.717) is 28.5 Å². The zero-order valence-electron chi connectivity index (χ0n) is 37.5. The highest BCUT2D eigenvalue weighted by Gasteiger charge is 2.33. The molecule has 2 aliphatic rings. The van der Waals surface area contributed by atoms with E-state index in [1.807, 2.05) is 0 Å². The van der Waals surface area contributed by atoms with Gasteiger partial charge in [-0.25, -0.2) is 9.59 Å². The number of aliphatic carboxylic acids is 3. The van der Waals surface area contributed by atoms with Gasteiger partial charge < -0.3 is 61.6 Å². The average molecular weight is 968 g/mol. The van der Waals surface area contributed by atoms with Crippen LogP contribution in [0.2, 0.25) is 0 Å². The molecule has 5 amide bonds. The van der Waals surface area contributed by atoms with Gasteiger partial charge in [0.15, 0.2) is 5.43 Å². The molecule has 3 aromatic carbocycles. The van der Waals surface area contributed by atoms with Gasteiger partial charge in [0.2, 0.25) is 23.6 Å². The van der Waals surface area contributed by atoms with E-state index in [-0.39, 0.29) is 46.0 Å². The Kier molecular flexibility index (Phi) is 17.3. The lowest BCUT2D eigenvalue weighted by Crippen LogP contribution is -2.58. The third-order valence-corrected chi connectivity index (χ3v) is 11.2. The molecule has 22 heteroatoms. The number of nitrogens with one attached hydrogen (secondary N) is 5. The standard InChI is InChI=1S/C48H49N5O17/c1-3-23(2)42(48(68)69)53-45(64)34(15-17-40(60)61)51-44(63)33(14-16-39(58)59)52-46(65)35(18-24-4-7-26(54)8-5-24)50-38(57)22-49-43(62)25-6-11-29(32(19-25)47(66)67)41-30-12-9-27(55)20-36(30)70-37-21-28(56)10-13-31(37)41/h4-13,19-21,23,33-35,42,54-55H,3,14-18,22H2,1-2H3,(H,49,62)(H,50,57)(H,51,63)(H,52,65)(H,53,64)(H,58,59)(H,60,61)(H,66,67)(H,68,69)/t23-,33-,34-,35-,42-/m0/s1. The predicted octanol–water partition coefficient (Wildman–Crippen LogP) is 2.45. The Morgan fingerprint density at radius 3 is 1.81 bits per heavy atom. The fourth-order valence-corrected chi connectivity index (χ4v) is 7.37. The van der Waals surface area contributed by atoms with Crippen LogP contribution in [0.15, 0.2) is 88.1 Å². The first-order valence-electron chi connectivity index (χ1n) is 21.7. The molecule has 11 N–H and O–H groups in total. The molecule has 0 aromatic heterocycles. The van der Waals surface area contributed by atoms with Crippen molar-refractivity contribution in [3.05, 3.63) is 106 Å². The van der Waals surface area contributed by atoms with Gasteiger partial charge in [0.25, 0.3) is 5.91 Å². The maximum Gasteiger partial charge on any atom is 0.336 e. The van der Waals surface area contributed by atoms with Crippen LogP contribution in [-0.2, 0) is 40.0 Å². The Balaban J connectivity index is 1.37. The summed E-state index contributed by atoms with van der Waals surface area (Å²) in [5, 5.41) is 70.9. The van der Waals surface area contributed by atoms with Gasteiger partial charge in [-0.2, -0.15) is 0 Å². The Bertz CT molecular complexity index is 2860. The lowest BCUT2D eigenvalue weighted by atomic mass is 9.90. The van der Waals surface area contributed by atoms with Crippen LogP contribution in [0.5, 0.6) is 11.5 Å². The zero-order valence-corrected chi connectivity index (χ0v) is 37.5. The maximum atomic E-state index is 14.0. The number of carboxylic acid groups (broad SMARTS) is 4. The molecule has 0 unspecified atom stereocenters. The molecule has 0 saturated carbocycles. The highest BCUT2D eigenvalue weighted by atomic mass is 16.4. The number of phenolic OH excluding ortho intramolecular Hbond substituents is 2. The number of phenols is 2. The van der Waals surface area contributed by atoms with Crippen LogP contribution < -0.4 is 32.0 Å². The highest BCUT2D eigenvalue weighted by molar-refractivity contribution is 6.09. The van der Waals surface area contributed by atoms with Gasteiger partial charge in [-0.3, -0.25) is 38.4 Å². The molecule has 5 rings (SSSR count). The third-order valence-electron chi connectivity index (χ3n) is 11.2. The Hall–Kier alpha value is -8.82. The number of rotatable bonds is 23. The summed E-state index contributed by atoms with van der Waals surface area (Å²) in [6, 6.07) is 10.8. The van der Waals surface area contributed by atoms with E-state index in [0.717, 1.165) is 6.07 Å². The number of carbonyl (C=O) groups is 9. The molecule has 368 valence electrons. The lowest BCUT2D eigenvalue weighted by molar-refractivity contribution is -0.144. The monoisotopic (exact) mass is 967 g/mol. The van der Waals surface area contributed by atoms with E-state index in [4.69, 9.17) is 4.42 Å². The maximum absolute atomic E-state index is 14.0. The van der Waals surface area contributed by atoms with Crippen molar-refractivity contribution in [2.75, 3.05) is 6.54 Å².